The van der Waals surface area contributed by atoms with Gasteiger partial charge in [-0.25, -0.2) is 4.98 Å². The van der Waals surface area contributed by atoms with Gasteiger partial charge in [0.1, 0.15) is 5.82 Å². The number of nitrogens with one attached hydrogen (secondary N) is 2. The van der Waals surface area contributed by atoms with Gasteiger partial charge in [0.15, 0.2) is 5.96 Å². The van der Waals surface area contributed by atoms with Crippen LogP contribution in [0, 0.1) is 5.92 Å². The molecular formula is C15H28F2IN5. The van der Waals surface area contributed by atoms with Crippen LogP contribution in [0.2, 0.25) is 0 Å². The molecule has 0 fully saturated rings. The second-order valence-corrected chi connectivity index (χ2v) is 5.82. The molecule has 0 bridgehead atoms. The summed E-state index contributed by atoms with van der Waals surface area (Å²) in [5, 5.41) is 6.29. The molecule has 0 amide bonds. The summed E-state index contributed by atoms with van der Waals surface area (Å²) in [6, 6.07) is 0.278. The van der Waals surface area contributed by atoms with Crippen molar-refractivity contribution in [3.8, 4) is 0 Å². The molecule has 2 N–H and O–H groups in total. The highest BCUT2D eigenvalue weighted by Crippen LogP contribution is 2.12. The van der Waals surface area contributed by atoms with E-state index in [1.807, 2.05) is 0 Å². The third-order valence-corrected chi connectivity index (χ3v) is 3.40. The Bertz CT molecular complexity index is 462. The molecule has 134 valence electrons. The molecule has 0 aliphatic rings. The maximum atomic E-state index is 12.7. The lowest BCUT2D eigenvalue weighted by atomic mass is 10.0. The Kier molecular flexibility index (Phi) is 11.1. The predicted octanol–water partition coefficient (Wildman–Crippen LogP) is 3.78. The Morgan fingerprint density at radius 2 is 2.00 bits per heavy atom. The zero-order valence-corrected chi connectivity index (χ0v) is 16.6. The van der Waals surface area contributed by atoms with E-state index in [4.69, 9.17) is 0 Å². The van der Waals surface area contributed by atoms with Gasteiger partial charge in [-0.1, -0.05) is 26.7 Å². The van der Waals surface area contributed by atoms with Crippen LogP contribution in [0.5, 0.6) is 0 Å². The van der Waals surface area contributed by atoms with Crippen LogP contribution in [0.15, 0.2) is 17.4 Å². The van der Waals surface area contributed by atoms with Crippen molar-refractivity contribution in [3.63, 3.8) is 0 Å². The monoisotopic (exact) mass is 443 g/mol. The zero-order valence-electron chi connectivity index (χ0n) is 14.2. The number of rotatable bonds is 8. The van der Waals surface area contributed by atoms with Gasteiger partial charge in [-0.15, -0.1) is 24.0 Å². The number of hydrogen-bond acceptors (Lipinski definition) is 2. The first-order valence-corrected chi connectivity index (χ1v) is 7.71. The van der Waals surface area contributed by atoms with Crippen LogP contribution in [0.4, 0.5) is 8.78 Å². The number of nitrogens with zero attached hydrogens (tertiary/aromatic N) is 3. The van der Waals surface area contributed by atoms with Crippen molar-refractivity contribution in [2.24, 2.45) is 10.9 Å². The molecule has 5 nitrogen and oxygen atoms in total. The lowest BCUT2D eigenvalue weighted by Gasteiger charge is -2.18. The minimum atomic E-state index is -2.58. The maximum Gasteiger partial charge on any atom is 0.319 e. The van der Waals surface area contributed by atoms with Gasteiger partial charge in [0.2, 0.25) is 0 Å². The van der Waals surface area contributed by atoms with E-state index in [0.29, 0.717) is 11.9 Å². The number of alkyl halides is 2. The van der Waals surface area contributed by atoms with Crippen LogP contribution in [0.25, 0.3) is 0 Å². The fourth-order valence-corrected chi connectivity index (χ4v) is 2.15. The van der Waals surface area contributed by atoms with E-state index in [0.717, 1.165) is 17.4 Å². The summed E-state index contributed by atoms with van der Waals surface area (Å²) in [5.41, 5.74) is 0. The first-order valence-electron chi connectivity index (χ1n) is 7.71. The van der Waals surface area contributed by atoms with Crippen molar-refractivity contribution in [2.75, 3.05) is 7.05 Å². The average molecular weight is 443 g/mol. The van der Waals surface area contributed by atoms with E-state index < -0.39 is 6.55 Å². The summed E-state index contributed by atoms with van der Waals surface area (Å²) in [4.78, 5) is 8.04. The molecule has 8 heteroatoms. The number of imidazole rings is 1. The SMILES string of the molecule is CN=C(NCc1nccn1C(F)F)NC(C)CCCC(C)C.I. The molecule has 0 saturated carbocycles. The highest BCUT2D eigenvalue weighted by atomic mass is 127. The Morgan fingerprint density at radius 3 is 2.57 bits per heavy atom. The molecule has 1 rings (SSSR count). The van der Waals surface area contributed by atoms with Gasteiger partial charge in [-0.05, 0) is 19.3 Å². The van der Waals surface area contributed by atoms with Crippen molar-refractivity contribution in [1.82, 2.24) is 20.2 Å². The van der Waals surface area contributed by atoms with Crippen LogP contribution in [-0.4, -0.2) is 28.6 Å². The normalized spacial score (nSPS) is 13.1. The number of hydrogen-bond donors (Lipinski definition) is 2. The van der Waals surface area contributed by atoms with Gasteiger partial charge in [-0.3, -0.25) is 9.56 Å². The lowest BCUT2D eigenvalue weighted by molar-refractivity contribution is 0.0668. The maximum absolute atomic E-state index is 12.7. The fourth-order valence-electron chi connectivity index (χ4n) is 2.15. The molecular weight excluding hydrogens is 415 g/mol. The van der Waals surface area contributed by atoms with Crippen LogP contribution in [0.3, 0.4) is 0 Å². The number of guanidine groups is 1. The Morgan fingerprint density at radius 1 is 1.30 bits per heavy atom. The quantitative estimate of drug-likeness (QED) is 0.366. The Balaban J connectivity index is 0.00000484. The second kappa shape index (κ2) is 11.6. The molecule has 0 aliphatic carbocycles. The third kappa shape index (κ3) is 8.47. The Hall–Kier alpha value is -0.930. The summed E-state index contributed by atoms with van der Waals surface area (Å²) < 4.78 is 26.3. The standard InChI is InChI=1S/C15H27F2N5.HI/c1-11(2)6-5-7-12(3)21-15(18-4)20-10-13-19-8-9-22(13)14(16)17;/h8-9,11-12,14H,5-7,10H2,1-4H3,(H2,18,20,21);1H. The summed E-state index contributed by atoms with van der Waals surface area (Å²) in [5.74, 6) is 1.59. The van der Waals surface area contributed by atoms with Gasteiger partial charge in [-0.2, -0.15) is 8.78 Å². The Labute approximate surface area is 154 Å². The van der Waals surface area contributed by atoms with E-state index in [1.54, 1.807) is 7.05 Å². The van der Waals surface area contributed by atoms with Crippen LogP contribution < -0.4 is 10.6 Å². The lowest BCUT2D eigenvalue weighted by Crippen LogP contribution is -2.42. The van der Waals surface area contributed by atoms with Gasteiger partial charge < -0.3 is 10.6 Å². The van der Waals surface area contributed by atoms with Crippen molar-refractivity contribution in [1.29, 1.82) is 0 Å². The second-order valence-electron chi connectivity index (χ2n) is 5.82. The van der Waals surface area contributed by atoms with E-state index in [9.17, 15) is 8.78 Å². The molecule has 0 radical (unpaired) electrons. The zero-order chi connectivity index (χ0) is 16.5. The van der Waals surface area contributed by atoms with E-state index in [-0.39, 0.29) is 42.4 Å². The first-order chi connectivity index (χ1) is 10.4. The predicted molar refractivity (Wildman–Crippen MR) is 100 cm³/mol. The first kappa shape index (κ1) is 22.1. The molecule has 1 heterocycles. The summed E-state index contributed by atoms with van der Waals surface area (Å²) in [6.45, 7) is 4.14. The molecule has 0 aliphatic heterocycles. The summed E-state index contributed by atoms with van der Waals surface area (Å²) in [6.07, 6.45) is 6.04. The number of halogens is 3. The van der Waals surface area contributed by atoms with Crippen LogP contribution in [-0.2, 0) is 6.54 Å². The van der Waals surface area contributed by atoms with Crippen molar-refractivity contribution >= 4 is 29.9 Å². The van der Waals surface area contributed by atoms with E-state index in [2.05, 4.69) is 41.4 Å². The largest absolute Gasteiger partial charge is 0.354 e. The fraction of sp³-hybridized carbons (Fsp3) is 0.733. The van der Waals surface area contributed by atoms with Gasteiger partial charge in [0.25, 0.3) is 0 Å². The van der Waals surface area contributed by atoms with E-state index in [1.165, 1.54) is 18.8 Å². The molecule has 1 aromatic rings. The molecule has 0 spiro atoms. The smallest absolute Gasteiger partial charge is 0.319 e. The third-order valence-electron chi connectivity index (χ3n) is 3.40. The molecule has 1 unspecified atom stereocenters. The number of aliphatic imine (C=N–C) groups is 1. The topological polar surface area (TPSA) is 54.2 Å². The molecule has 23 heavy (non-hydrogen) atoms. The number of aromatic nitrogens is 2. The average Bonchev–Trinajstić information content (AvgIpc) is 2.91. The van der Waals surface area contributed by atoms with Crippen LogP contribution in [0.1, 0.15) is 52.4 Å². The minimum absolute atomic E-state index is 0. The molecule has 0 saturated heterocycles. The molecule has 1 atom stereocenters. The highest BCUT2D eigenvalue weighted by Gasteiger charge is 2.12. The molecule has 0 aromatic carbocycles. The summed E-state index contributed by atoms with van der Waals surface area (Å²) in [7, 11) is 1.66. The van der Waals surface area contributed by atoms with Crippen molar-refractivity contribution in [3.05, 3.63) is 18.2 Å². The van der Waals surface area contributed by atoms with Crippen LogP contribution >= 0.6 is 24.0 Å². The van der Waals surface area contributed by atoms with Crippen molar-refractivity contribution in [2.45, 2.75) is 59.2 Å². The molecule has 1 aromatic heterocycles. The summed E-state index contributed by atoms with van der Waals surface area (Å²) >= 11 is 0. The van der Waals surface area contributed by atoms with Crippen molar-refractivity contribution < 1.29 is 8.78 Å². The van der Waals surface area contributed by atoms with Gasteiger partial charge in [0.05, 0.1) is 6.54 Å². The minimum Gasteiger partial charge on any atom is -0.354 e. The highest BCUT2D eigenvalue weighted by molar-refractivity contribution is 14.0. The van der Waals surface area contributed by atoms with Gasteiger partial charge in [0, 0.05) is 25.5 Å². The van der Waals surface area contributed by atoms with E-state index >= 15 is 0 Å². The van der Waals surface area contributed by atoms with Gasteiger partial charge >= 0.3 is 6.55 Å².